The van der Waals surface area contributed by atoms with Crippen LogP contribution in [0.15, 0.2) is 18.3 Å². The molecule has 0 spiro atoms. The molecule has 0 aromatic carbocycles. The Morgan fingerprint density at radius 2 is 2.24 bits per heavy atom. The van der Waals surface area contributed by atoms with Crippen LogP contribution in [0.5, 0.6) is 0 Å². The summed E-state index contributed by atoms with van der Waals surface area (Å²) in [5, 5.41) is 8.96. The van der Waals surface area contributed by atoms with E-state index in [1.54, 1.807) is 18.8 Å². The smallest absolute Gasteiger partial charge is 0.338 e. The summed E-state index contributed by atoms with van der Waals surface area (Å²) in [6, 6.07) is 2.88. The first-order chi connectivity index (χ1) is 8.07. The molecule has 0 atom stereocenters. The van der Waals surface area contributed by atoms with Crippen LogP contribution in [-0.4, -0.2) is 52.5 Å². The minimum Gasteiger partial charge on any atom is -0.478 e. The van der Waals surface area contributed by atoms with Crippen LogP contribution in [0.25, 0.3) is 0 Å². The molecule has 1 N–H and O–H groups in total. The van der Waals surface area contributed by atoms with Crippen molar-refractivity contribution < 1.29 is 14.7 Å². The van der Waals surface area contributed by atoms with E-state index in [0.29, 0.717) is 6.54 Å². The highest BCUT2D eigenvalue weighted by atomic mass is 32.2. The number of carboxylic acids is 1. The molecule has 1 amide bonds. The number of rotatable bonds is 5. The maximum absolute atomic E-state index is 12.0. The number of hydrogen-bond donors (Lipinski definition) is 1. The lowest BCUT2D eigenvalue weighted by atomic mass is 10.2. The quantitative estimate of drug-likeness (QED) is 0.855. The molecule has 1 aromatic rings. The second-order valence-corrected chi connectivity index (χ2v) is 4.41. The van der Waals surface area contributed by atoms with Crippen LogP contribution >= 0.6 is 11.8 Å². The lowest BCUT2D eigenvalue weighted by Crippen LogP contribution is -2.31. The SMILES string of the molecule is CSCCN(C)C(=O)c1ncccc1C(=O)O. The molecule has 0 saturated carbocycles. The molecule has 0 aliphatic rings. The molecule has 0 unspecified atom stereocenters. The number of hydrogen-bond acceptors (Lipinski definition) is 4. The molecule has 0 aliphatic heterocycles. The van der Waals surface area contributed by atoms with E-state index in [4.69, 9.17) is 5.11 Å². The fourth-order valence-corrected chi connectivity index (χ4v) is 1.72. The average Bonchev–Trinajstić information content (AvgIpc) is 2.34. The van der Waals surface area contributed by atoms with Crippen LogP contribution in [0.1, 0.15) is 20.8 Å². The molecule has 1 aromatic heterocycles. The van der Waals surface area contributed by atoms with Crippen molar-refractivity contribution in [1.29, 1.82) is 0 Å². The third-order valence-electron chi connectivity index (χ3n) is 2.22. The Bertz CT molecular complexity index is 423. The second kappa shape index (κ2) is 6.24. The van der Waals surface area contributed by atoms with E-state index >= 15 is 0 Å². The van der Waals surface area contributed by atoms with Gasteiger partial charge in [0.05, 0.1) is 5.56 Å². The highest BCUT2D eigenvalue weighted by Crippen LogP contribution is 2.08. The van der Waals surface area contributed by atoms with E-state index in [1.807, 2.05) is 6.26 Å². The molecule has 17 heavy (non-hydrogen) atoms. The molecule has 92 valence electrons. The number of carbonyl (C=O) groups excluding carboxylic acids is 1. The molecule has 0 radical (unpaired) electrons. The topological polar surface area (TPSA) is 70.5 Å². The van der Waals surface area contributed by atoms with Crippen LogP contribution < -0.4 is 0 Å². The lowest BCUT2D eigenvalue weighted by molar-refractivity contribution is 0.0680. The Labute approximate surface area is 104 Å². The van der Waals surface area contributed by atoms with E-state index < -0.39 is 5.97 Å². The number of aromatic nitrogens is 1. The lowest BCUT2D eigenvalue weighted by Gasteiger charge is -2.16. The molecule has 5 nitrogen and oxygen atoms in total. The molecular formula is C11H14N2O3S. The molecule has 0 fully saturated rings. The average molecular weight is 254 g/mol. The van der Waals surface area contributed by atoms with Crippen molar-refractivity contribution >= 4 is 23.6 Å². The van der Waals surface area contributed by atoms with Gasteiger partial charge in [-0.05, 0) is 18.4 Å². The third kappa shape index (κ3) is 3.45. The van der Waals surface area contributed by atoms with Gasteiger partial charge < -0.3 is 10.0 Å². The van der Waals surface area contributed by atoms with Crippen LogP contribution in [0.4, 0.5) is 0 Å². The largest absolute Gasteiger partial charge is 0.478 e. The summed E-state index contributed by atoms with van der Waals surface area (Å²) in [7, 11) is 1.64. The third-order valence-corrected chi connectivity index (χ3v) is 2.81. The Hall–Kier alpha value is -1.56. The van der Waals surface area contributed by atoms with Crippen molar-refractivity contribution in [2.75, 3.05) is 25.6 Å². The van der Waals surface area contributed by atoms with E-state index in [0.717, 1.165) is 5.75 Å². The normalized spacial score (nSPS) is 10.0. The zero-order chi connectivity index (χ0) is 12.8. The highest BCUT2D eigenvalue weighted by molar-refractivity contribution is 7.98. The fourth-order valence-electron chi connectivity index (χ4n) is 1.26. The number of carboxylic acid groups (broad SMARTS) is 1. The van der Waals surface area contributed by atoms with Gasteiger partial charge in [-0.25, -0.2) is 4.79 Å². The Morgan fingerprint density at radius 1 is 1.53 bits per heavy atom. The molecule has 1 heterocycles. The summed E-state index contributed by atoms with van der Waals surface area (Å²) in [6.07, 6.45) is 3.36. The Morgan fingerprint density at radius 3 is 2.82 bits per heavy atom. The molecule has 1 rings (SSSR count). The van der Waals surface area contributed by atoms with Crippen LogP contribution in [-0.2, 0) is 0 Å². The first kappa shape index (κ1) is 13.5. The van der Waals surface area contributed by atoms with Gasteiger partial charge in [-0.3, -0.25) is 9.78 Å². The van der Waals surface area contributed by atoms with E-state index in [9.17, 15) is 9.59 Å². The number of pyridine rings is 1. The number of amides is 1. The zero-order valence-corrected chi connectivity index (χ0v) is 10.5. The summed E-state index contributed by atoms with van der Waals surface area (Å²) < 4.78 is 0. The van der Waals surface area contributed by atoms with Crippen molar-refractivity contribution in [3.05, 3.63) is 29.6 Å². The summed E-state index contributed by atoms with van der Waals surface area (Å²) in [5.74, 6) is -0.700. The molecule has 0 bridgehead atoms. The summed E-state index contributed by atoms with van der Waals surface area (Å²) in [6.45, 7) is 0.565. The van der Waals surface area contributed by atoms with Gasteiger partial charge in [-0.2, -0.15) is 11.8 Å². The van der Waals surface area contributed by atoms with Crippen molar-refractivity contribution in [3.63, 3.8) is 0 Å². The van der Waals surface area contributed by atoms with Gasteiger partial charge in [0.1, 0.15) is 5.69 Å². The fraction of sp³-hybridized carbons (Fsp3) is 0.364. The van der Waals surface area contributed by atoms with Crippen molar-refractivity contribution in [1.82, 2.24) is 9.88 Å². The number of carbonyl (C=O) groups is 2. The molecule has 0 saturated heterocycles. The Kier molecular flexibility index (Phi) is 4.96. The summed E-state index contributed by atoms with van der Waals surface area (Å²) >= 11 is 1.62. The highest BCUT2D eigenvalue weighted by Gasteiger charge is 2.20. The molecule has 0 aliphatic carbocycles. The maximum Gasteiger partial charge on any atom is 0.338 e. The Balaban J connectivity index is 2.92. The second-order valence-electron chi connectivity index (χ2n) is 3.42. The summed E-state index contributed by atoms with van der Waals surface area (Å²) in [4.78, 5) is 28.2. The zero-order valence-electron chi connectivity index (χ0n) is 9.71. The van der Waals surface area contributed by atoms with E-state index in [-0.39, 0.29) is 17.2 Å². The van der Waals surface area contributed by atoms with Crippen LogP contribution in [0.3, 0.4) is 0 Å². The van der Waals surface area contributed by atoms with Gasteiger partial charge in [-0.1, -0.05) is 0 Å². The van der Waals surface area contributed by atoms with Crippen molar-refractivity contribution in [3.8, 4) is 0 Å². The number of nitrogens with zero attached hydrogens (tertiary/aromatic N) is 2. The van der Waals surface area contributed by atoms with Gasteiger partial charge in [0.15, 0.2) is 0 Å². The van der Waals surface area contributed by atoms with Crippen molar-refractivity contribution in [2.24, 2.45) is 0 Å². The van der Waals surface area contributed by atoms with Gasteiger partial charge in [0, 0.05) is 25.5 Å². The predicted molar refractivity (Wildman–Crippen MR) is 66.5 cm³/mol. The van der Waals surface area contributed by atoms with Gasteiger partial charge in [0.2, 0.25) is 0 Å². The predicted octanol–water partition coefficient (Wildman–Crippen LogP) is 1.21. The van der Waals surface area contributed by atoms with E-state index in [2.05, 4.69) is 4.98 Å². The molecule has 6 heteroatoms. The number of thioether (sulfide) groups is 1. The number of aromatic carboxylic acids is 1. The molecular weight excluding hydrogens is 240 g/mol. The van der Waals surface area contributed by atoms with Gasteiger partial charge in [0.25, 0.3) is 5.91 Å². The first-order valence-electron chi connectivity index (χ1n) is 5.00. The van der Waals surface area contributed by atoms with Gasteiger partial charge in [-0.15, -0.1) is 0 Å². The van der Waals surface area contributed by atoms with Crippen LogP contribution in [0.2, 0.25) is 0 Å². The summed E-state index contributed by atoms with van der Waals surface area (Å²) in [5.41, 5.74) is -0.0721. The monoisotopic (exact) mass is 254 g/mol. The van der Waals surface area contributed by atoms with E-state index in [1.165, 1.54) is 23.2 Å². The van der Waals surface area contributed by atoms with Crippen molar-refractivity contribution in [2.45, 2.75) is 0 Å². The minimum atomic E-state index is -1.14. The minimum absolute atomic E-state index is 0.0106. The first-order valence-corrected chi connectivity index (χ1v) is 6.40. The van der Waals surface area contributed by atoms with Crippen LogP contribution in [0, 0.1) is 0 Å². The maximum atomic E-state index is 12.0. The van der Waals surface area contributed by atoms with Gasteiger partial charge >= 0.3 is 5.97 Å². The standard InChI is InChI=1S/C11H14N2O3S/c1-13(6-7-17-2)10(14)9-8(11(15)16)4-3-5-12-9/h3-5H,6-7H2,1-2H3,(H,15,16).